The first-order chi connectivity index (χ1) is 13.8. The maximum Gasteiger partial charge on any atom is 0.243 e. The molecule has 2 atom stereocenters. The molecule has 0 spiro atoms. The van der Waals surface area contributed by atoms with Crippen molar-refractivity contribution in [3.63, 3.8) is 0 Å². The van der Waals surface area contributed by atoms with Gasteiger partial charge in [-0.1, -0.05) is 17.7 Å². The topological polar surface area (TPSA) is 83.7 Å². The zero-order valence-corrected chi connectivity index (χ0v) is 17.7. The Morgan fingerprint density at radius 1 is 1.00 bits per heavy atom. The van der Waals surface area contributed by atoms with Crippen LogP contribution < -0.4 is 4.90 Å². The molecule has 152 valence electrons. The number of aromatic nitrogens is 4. The third kappa shape index (κ3) is 2.99. The van der Waals surface area contributed by atoms with Gasteiger partial charge in [0, 0.05) is 31.2 Å². The van der Waals surface area contributed by atoms with Crippen molar-refractivity contribution >= 4 is 33.1 Å². The summed E-state index contributed by atoms with van der Waals surface area (Å²) in [7, 11) is -3.55. The van der Waals surface area contributed by atoms with E-state index in [1.54, 1.807) is 33.9 Å². The number of nitrogens with zero attached hydrogens (tertiary/aromatic N) is 6. The minimum Gasteiger partial charge on any atom is -0.355 e. The Labute approximate surface area is 174 Å². The van der Waals surface area contributed by atoms with E-state index in [1.165, 1.54) is 0 Å². The number of hydrogen-bond acceptors (Lipinski definition) is 6. The summed E-state index contributed by atoms with van der Waals surface area (Å²) in [4.78, 5) is 2.53. The van der Waals surface area contributed by atoms with E-state index in [2.05, 4.69) is 20.2 Å². The van der Waals surface area contributed by atoms with E-state index in [-0.39, 0.29) is 11.8 Å². The predicted octanol–water partition coefficient (Wildman–Crippen LogP) is 2.15. The molecule has 0 N–H and O–H groups in total. The number of hydrogen-bond donors (Lipinski definition) is 0. The molecule has 10 heteroatoms. The molecule has 2 aromatic heterocycles. The summed E-state index contributed by atoms with van der Waals surface area (Å²) in [5.41, 5.74) is 1.33. The van der Waals surface area contributed by atoms with Gasteiger partial charge in [0.05, 0.1) is 4.90 Å². The summed E-state index contributed by atoms with van der Waals surface area (Å²) in [6.45, 7) is 6.22. The largest absolute Gasteiger partial charge is 0.355 e. The number of rotatable bonds is 3. The predicted molar refractivity (Wildman–Crippen MR) is 110 cm³/mol. The van der Waals surface area contributed by atoms with Crippen LogP contribution in [0.3, 0.4) is 0 Å². The van der Waals surface area contributed by atoms with Gasteiger partial charge in [0.2, 0.25) is 10.0 Å². The minimum absolute atomic E-state index is 0.281. The number of anilines is 1. The van der Waals surface area contributed by atoms with Gasteiger partial charge >= 0.3 is 0 Å². The second kappa shape index (κ2) is 6.65. The van der Waals surface area contributed by atoms with Gasteiger partial charge in [-0.2, -0.15) is 8.82 Å². The third-order valence-corrected chi connectivity index (χ3v) is 8.40. The molecule has 2 aliphatic rings. The number of fused-ring (bicyclic) bond motifs is 2. The van der Waals surface area contributed by atoms with Crippen molar-refractivity contribution < 1.29 is 8.42 Å². The van der Waals surface area contributed by atoms with E-state index < -0.39 is 10.0 Å². The Bertz CT molecular complexity index is 1200. The van der Waals surface area contributed by atoms with Crippen LogP contribution in [0.5, 0.6) is 0 Å². The van der Waals surface area contributed by atoms with Crippen LogP contribution in [-0.4, -0.2) is 58.7 Å². The molecule has 0 saturated carbocycles. The fourth-order valence-electron chi connectivity index (χ4n) is 4.39. The lowest BCUT2D eigenvalue weighted by molar-refractivity contribution is 0.452. The number of aryl methyl sites for hydroxylation is 1. The summed E-state index contributed by atoms with van der Waals surface area (Å²) in [5.74, 6) is 2.18. The lowest BCUT2D eigenvalue weighted by atomic mass is 10.0. The van der Waals surface area contributed by atoms with Gasteiger partial charge in [-0.05, 0) is 55.5 Å². The summed E-state index contributed by atoms with van der Waals surface area (Å²) in [6.07, 6.45) is 0. The Balaban J connectivity index is 1.35. The van der Waals surface area contributed by atoms with Crippen LogP contribution in [0.25, 0.3) is 5.65 Å². The Morgan fingerprint density at radius 3 is 2.45 bits per heavy atom. The van der Waals surface area contributed by atoms with Gasteiger partial charge in [-0.3, -0.25) is 0 Å². The Hall–Kier alpha value is -2.23. The second-order valence-corrected chi connectivity index (χ2v) is 10.1. The van der Waals surface area contributed by atoms with E-state index >= 15 is 0 Å². The molecule has 2 unspecified atom stereocenters. The summed E-state index contributed by atoms with van der Waals surface area (Å²) < 4.78 is 29.7. The molecule has 2 aliphatic heterocycles. The number of halogens is 1. The minimum atomic E-state index is -3.55. The molecule has 1 aromatic carbocycles. The third-order valence-electron chi connectivity index (χ3n) is 6.02. The first-order valence-corrected chi connectivity index (χ1v) is 11.4. The highest BCUT2D eigenvalue weighted by Crippen LogP contribution is 2.37. The lowest BCUT2D eigenvalue weighted by Gasteiger charge is -2.23. The van der Waals surface area contributed by atoms with E-state index in [1.807, 2.05) is 19.1 Å². The van der Waals surface area contributed by atoms with Gasteiger partial charge in [-0.15, -0.1) is 15.3 Å². The first-order valence-electron chi connectivity index (χ1n) is 9.54. The Morgan fingerprint density at radius 2 is 1.72 bits per heavy atom. The molecule has 2 fully saturated rings. The monoisotopic (exact) mass is 432 g/mol. The van der Waals surface area contributed by atoms with E-state index in [4.69, 9.17) is 11.6 Å². The summed E-state index contributed by atoms with van der Waals surface area (Å²) in [6, 6.07) is 8.91. The molecule has 5 rings (SSSR count). The van der Waals surface area contributed by atoms with E-state index in [0.717, 1.165) is 30.4 Å². The van der Waals surface area contributed by atoms with Crippen molar-refractivity contribution in [1.29, 1.82) is 0 Å². The Kier molecular flexibility index (Phi) is 4.30. The molecular weight excluding hydrogens is 412 g/mol. The van der Waals surface area contributed by atoms with Gasteiger partial charge in [0.25, 0.3) is 0 Å². The van der Waals surface area contributed by atoms with Crippen LogP contribution in [-0.2, 0) is 10.0 Å². The van der Waals surface area contributed by atoms with Crippen molar-refractivity contribution in [2.24, 2.45) is 11.8 Å². The smallest absolute Gasteiger partial charge is 0.243 e. The highest BCUT2D eigenvalue weighted by molar-refractivity contribution is 7.89. The molecule has 3 aromatic rings. The average Bonchev–Trinajstić information content (AvgIpc) is 3.37. The van der Waals surface area contributed by atoms with Crippen LogP contribution in [0, 0.1) is 25.7 Å². The molecule has 0 bridgehead atoms. The molecule has 29 heavy (non-hydrogen) atoms. The van der Waals surface area contributed by atoms with Crippen molar-refractivity contribution in [3.8, 4) is 0 Å². The molecule has 0 radical (unpaired) electrons. The zero-order valence-electron chi connectivity index (χ0n) is 16.2. The fraction of sp³-hybridized carbons (Fsp3) is 0.421. The van der Waals surface area contributed by atoms with Gasteiger partial charge in [-0.25, -0.2) is 8.42 Å². The van der Waals surface area contributed by atoms with Crippen LogP contribution >= 0.6 is 11.6 Å². The first kappa shape index (κ1) is 18.8. The quantitative estimate of drug-likeness (QED) is 0.630. The SMILES string of the molecule is Cc1c(Cl)cccc1S(=O)(=O)N1CC2CN(c3ccc4nnc(C)n4n3)CC2C1. The fourth-order valence-corrected chi connectivity index (χ4v) is 6.43. The van der Waals surface area contributed by atoms with Crippen molar-refractivity contribution in [3.05, 3.63) is 46.7 Å². The van der Waals surface area contributed by atoms with E-state index in [9.17, 15) is 8.42 Å². The molecule has 4 heterocycles. The van der Waals surface area contributed by atoms with Crippen molar-refractivity contribution in [2.75, 3.05) is 31.1 Å². The highest BCUT2D eigenvalue weighted by Gasteiger charge is 2.45. The standard InChI is InChI=1S/C19H21ClN6O2S/c1-12-16(20)4-3-5-17(12)29(27,28)25-10-14-8-24(9-15(14)11-25)19-7-6-18-22-21-13(2)26(18)23-19/h3-7,14-15H,8-11H2,1-2H3. The average molecular weight is 433 g/mol. The van der Waals surface area contributed by atoms with Crippen LogP contribution in [0.4, 0.5) is 5.82 Å². The molecule has 8 nitrogen and oxygen atoms in total. The summed E-state index contributed by atoms with van der Waals surface area (Å²) >= 11 is 6.15. The van der Waals surface area contributed by atoms with Crippen LogP contribution in [0.1, 0.15) is 11.4 Å². The van der Waals surface area contributed by atoms with Crippen LogP contribution in [0.15, 0.2) is 35.2 Å². The number of benzene rings is 1. The number of sulfonamides is 1. The normalized spacial score (nSPS) is 22.5. The molecule has 2 saturated heterocycles. The van der Waals surface area contributed by atoms with Crippen LogP contribution in [0.2, 0.25) is 5.02 Å². The zero-order chi connectivity index (χ0) is 20.3. The maximum atomic E-state index is 13.2. The highest BCUT2D eigenvalue weighted by atomic mass is 35.5. The summed E-state index contributed by atoms with van der Waals surface area (Å²) in [5, 5.41) is 13.2. The van der Waals surface area contributed by atoms with Crippen molar-refractivity contribution in [1.82, 2.24) is 24.1 Å². The van der Waals surface area contributed by atoms with Gasteiger partial charge in [0.15, 0.2) is 11.5 Å². The molecular formula is C19H21ClN6O2S. The lowest BCUT2D eigenvalue weighted by Crippen LogP contribution is -2.34. The van der Waals surface area contributed by atoms with Crippen molar-refractivity contribution in [2.45, 2.75) is 18.7 Å². The molecule has 0 amide bonds. The van der Waals surface area contributed by atoms with E-state index in [0.29, 0.717) is 28.6 Å². The molecule has 0 aliphatic carbocycles. The van der Waals surface area contributed by atoms with Gasteiger partial charge < -0.3 is 4.90 Å². The second-order valence-electron chi connectivity index (χ2n) is 7.82. The van der Waals surface area contributed by atoms with Gasteiger partial charge in [0.1, 0.15) is 5.82 Å². The maximum absolute atomic E-state index is 13.2.